The normalized spacial score (nSPS) is 41.9. The third kappa shape index (κ3) is 3.64. The van der Waals surface area contributed by atoms with Gasteiger partial charge in [-0.1, -0.05) is 32.0 Å². The maximum absolute atomic E-state index is 14.3. The molecule has 4 aliphatic rings. The Morgan fingerprint density at radius 1 is 1.07 bits per heavy atom. The van der Waals surface area contributed by atoms with Crippen molar-refractivity contribution in [3.8, 4) is 0 Å². The number of hydrogen-bond donors (Lipinski definition) is 4. The van der Waals surface area contributed by atoms with Crippen molar-refractivity contribution in [1.82, 2.24) is 0 Å². The summed E-state index contributed by atoms with van der Waals surface area (Å²) in [7, 11) is 1.11. The number of carbonyl (C=O) groups is 3. The van der Waals surface area contributed by atoms with Crippen LogP contribution in [0.2, 0.25) is 0 Å². The number of esters is 1. The van der Waals surface area contributed by atoms with Crippen molar-refractivity contribution in [2.45, 2.75) is 82.3 Å². The topological polar surface area (TPSA) is 169 Å². The van der Waals surface area contributed by atoms with Crippen molar-refractivity contribution in [1.29, 1.82) is 0 Å². The van der Waals surface area contributed by atoms with E-state index in [9.17, 15) is 34.8 Å². The van der Waals surface area contributed by atoms with Gasteiger partial charge in [0.15, 0.2) is 11.4 Å². The molecule has 1 aliphatic heterocycles. The van der Waals surface area contributed by atoms with E-state index in [1.54, 1.807) is 39.0 Å². The van der Waals surface area contributed by atoms with Gasteiger partial charge in [0.25, 0.3) is 0 Å². The van der Waals surface area contributed by atoms with Crippen LogP contribution < -0.4 is 0 Å². The Morgan fingerprint density at radius 3 is 2.30 bits per heavy atom. The van der Waals surface area contributed by atoms with Gasteiger partial charge in [0.2, 0.25) is 0 Å². The van der Waals surface area contributed by atoms with Crippen molar-refractivity contribution >= 4 is 17.9 Å². The molecule has 9 atom stereocenters. The van der Waals surface area contributed by atoms with Crippen LogP contribution in [0.4, 0.5) is 4.79 Å². The average molecular weight is 561 g/mol. The van der Waals surface area contributed by atoms with Gasteiger partial charge in [-0.3, -0.25) is 4.79 Å². The Morgan fingerprint density at radius 2 is 1.73 bits per heavy atom. The van der Waals surface area contributed by atoms with Crippen LogP contribution in [0, 0.1) is 16.7 Å². The van der Waals surface area contributed by atoms with Crippen molar-refractivity contribution in [3.05, 3.63) is 47.0 Å². The Labute approximate surface area is 231 Å². The van der Waals surface area contributed by atoms with E-state index < -0.39 is 76.4 Å². The predicted molar refractivity (Wildman–Crippen MR) is 137 cm³/mol. The lowest BCUT2D eigenvalue weighted by molar-refractivity contribution is -0.344. The van der Waals surface area contributed by atoms with Gasteiger partial charge < -0.3 is 39.4 Å². The quantitative estimate of drug-likeness (QED) is 0.311. The summed E-state index contributed by atoms with van der Waals surface area (Å²) in [6.07, 6.45) is -8.67. The molecule has 5 rings (SSSR count). The van der Waals surface area contributed by atoms with Gasteiger partial charge in [-0.05, 0) is 37.1 Å². The summed E-state index contributed by atoms with van der Waals surface area (Å²) in [6.45, 7) is 5.94. The summed E-state index contributed by atoms with van der Waals surface area (Å²) in [4.78, 5) is 40.5. The van der Waals surface area contributed by atoms with Gasteiger partial charge in [-0.25, -0.2) is 9.59 Å². The number of Topliss-reactive ketones (excluding diaryl/α,β-unsaturated/α-hetero) is 1. The fraction of sp³-hybridized carbons (Fsp3) is 0.621. The third-order valence-electron chi connectivity index (χ3n) is 10.1. The first-order valence-electron chi connectivity index (χ1n) is 13.3. The molecule has 0 spiro atoms. The molecule has 0 amide bonds. The molecule has 0 radical (unpaired) electrons. The number of carbonyl (C=O) groups excluding carboxylic acids is 3. The number of aliphatic hydroxyl groups excluding tert-OH is 3. The van der Waals surface area contributed by atoms with Crippen LogP contribution in [-0.4, -0.2) is 93.8 Å². The number of ketones is 1. The first-order valence-corrected chi connectivity index (χ1v) is 13.3. The van der Waals surface area contributed by atoms with Gasteiger partial charge in [0.05, 0.1) is 42.8 Å². The molecular formula is C29H36O11. The standard InChI is InChI=1S/C29H36O11/c1-14-16(30)12-29(36)23(39-24(34)15-9-7-6-8-10-15)21-27(4,22(33)20(32)19(14)26(29,2)3)17(31)11-18-28(21,13-38-18)40-25(35)37-5/h6-10,16-18,20-21,23,30-32,36H,11-13H2,1-5H3/t16-,17-,18?,20+,21?,23-,27+,28-,29+/m0/s1. The largest absolute Gasteiger partial charge is 0.508 e. The smallest absolute Gasteiger partial charge is 0.455 e. The van der Waals surface area contributed by atoms with Gasteiger partial charge >= 0.3 is 12.1 Å². The van der Waals surface area contributed by atoms with Crippen LogP contribution in [0.3, 0.4) is 0 Å². The summed E-state index contributed by atoms with van der Waals surface area (Å²) >= 11 is 0. The highest BCUT2D eigenvalue weighted by Crippen LogP contribution is 2.63. The van der Waals surface area contributed by atoms with Gasteiger partial charge in [-0.2, -0.15) is 0 Å². The average Bonchev–Trinajstić information content (AvgIpc) is 2.91. The molecule has 40 heavy (non-hydrogen) atoms. The second kappa shape index (κ2) is 9.35. The van der Waals surface area contributed by atoms with Crippen molar-refractivity contribution in [2.75, 3.05) is 13.7 Å². The number of aliphatic hydroxyl groups is 4. The van der Waals surface area contributed by atoms with Crippen LogP contribution in [-0.2, 0) is 23.7 Å². The van der Waals surface area contributed by atoms with Gasteiger partial charge in [0.1, 0.15) is 23.9 Å². The second-order valence-corrected chi connectivity index (χ2v) is 12.1. The maximum atomic E-state index is 14.3. The Hall–Kier alpha value is -2.83. The zero-order chi connectivity index (χ0) is 29.4. The summed E-state index contributed by atoms with van der Waals surface area (Å²) in [5.41, 5.74) is -6.56. The molecule has 1 aromatic carbocycles. The minimum absolute atomic E-state index is 0.0845. The lowest BCUT2D eigenvalue weighted by Crippen LogP contribution is -2.81. The Bertz CT molecular complexity index is 1260. The molecule has 11 nitrogen and oxygen atoms in total. The van der Waals surface area contributed by atoms with E-state index >= 15 is 0 Å². The SMILES string of the molecule is COC(=O)O[C@@]12COC1C[C@H](O)[C@@]1(C)C(=O)[C@H](O)C3=C(C)[C@@H](O)C[C@@](O)([C@@H](OC(=O)c4ccccc4)C21)C3(C)C. The van der Waals surface area contributed by atoms with Crippen molar-refractivity contribution in [2.24, 2.45) is 16.7 Å². The molecule has 4 N–H and O–H groups in total. The number of rotatable bonds is 3. The number of ether oxygens (including phenoxy) is 4. The first kappa shape index (κ1) is 28.7. The summed E-state index contributed by atoms with van der Waals surface area (Å²) < 4.78 is 22.4. The van der Waals surface area contributed by atoms with Crippen LogP contribution in [0.1, 0.15) is 50.9 Å². The maximum Gasteiger partial charge on any atom is 0.508 e. The fourth-order valence-corrected chi connectivity index (χ4v) is 7.59. The predicted octanol–water partition coefficient (Wildman–Crippen LogP) is 1.30. The number of hydrogen-bond acceptors (Lipinski definition) is 11. The number of methoxy groups -OCH3 is 1. The first-order chi connectivity index (χ1) is 18.7. The molecule has 1 saturated heterocycles. The molecule has 218 valence electrons. The highest BCUT2D eigenvalue weighted by Gasteiger charge is 2.78. The van der Waals surface area contributed by atoms with Crippen molar-refractivity contribution in [3.63, 3.8) is 0 Å². The van der Waals surface area contributed by atoms with E-state index in [0.29, 0.717) is 5.57 Å². The molecule has 2 bridgehead atoms. The summed E-state index contributed by atoms with van der Waals surface area (Å²) in [5.74, 6) is -3.06. The van der Waals surface area contributed by atoms with E-state index in [-0.39, 0.29) is 30.6 Å². The van der Waals surface area contributed by atoms with Gasteiger partial charge in [-0.15, -0.1) is 0 Å². The lowest BCUT2D eigenvalue weighted by Gasteiger charge is -2.67. The molecule has 3 fully saturated rings. The second-order valence-electron chi connectivity index (χ2n) is 12.1. The van der Waals surface area contributed by atoms with Crippen LogP contribution >= 0.6 is 0 Å². The van der Waals surface area contributed by atoms with E-state index in [1.807, 2.05) is 0 Å². The monoisotopic (exact) mass is 560 g/mol. The number of benzene rings is 1. The molecule has 1 aromatic rings. The lowest BCUT2D eigenvalue weighted by atomic mass is 9.44. The highest BCUT2D eigenvalue weighted by atomic mass is 16.8. The van der Waals surface area contributed by atoms with Crippen LogP contribution in [0.15, 0.2) is 41.5 Å². The summed E-state index contributed by atoms with van der Waals surface area (Å²) in [5, 5.41) is 46.8. The molecule has 2 saturated carbocycles. The zero-order valence-electron chi connectivity index (χ0n) is 23.1. The van der Waals surface area contributed by atoms with E-state index in [2.05, 4.69) is 0 Å². The van der Waals surface area contributed by atoms with E-state index in [0.717, 1.165) is 7.11 Å². The van der Waals surface area contributed by atoms with Crippen molar-refractivity contribution < 1.29 is 53.8 Å². The number of fused-ring (bicyclic) bond motifs is 5. The molecule has 11 heteroatoms. The third-order valence-corrected chi connectivity index (χ3v) is 10.1. The Kier molecular flexibility index (Phi) is 6.71. The molecular weight excluding hydrogens is 524 g/mol. The van der Waals surface area contributed by atoms with E-state index in [1.165, 1.54) is 19.1 Å². The van der Waals surface area contributed by atoms with Gasteiger partial charge in [0, 0.05) is 18.3 Å². The zero-order valence-corrected chi connectivity index (χ0v) is 23.1. The van der Waals surface area contributed by atoms with Crippen LogP contribution in [0.25, 0.3) is 0 Å². The molecule has 0 aromatic heterocycles. The highest BCUT2D eigenvalue weighted by molar-refractivity contribution is 5.94. The molecule has 1 heterocycles. The summed E-state index contributed by atoms with van der Waals surface area (Å²) in [6, 6.07) is 8.02. The minimum Gasteiger partial charge on any atom is -0.455 e. The minimum atomic E-state index is -2.11. The Balaban J connectivity index is 1.81. The molecule has 3 aliphatic carbocycles. The van der Waals surface area contributed by atoms with Crippen LogP contribution in [0.5, 0.6) is 0 Å². The van der Waals surface area contributed by atoms with E-state index in [4.69, 9.17) is 18.9 Å². The molecule has 2 unspecified atom stereocenters. The fourth-order valence-electron chi connectivity index (χ4n) is 7.59.